The quantitative estimate of drug-likeness (QED) is 0.616. The number of carboxylic acid groups (broad SMARTS) is 1. The SMILES string of the molecule is CCc1cc(C#N)c([N+](=O)[O-])cc1C(=O)O. The van der Waals surface area contributed by atoms with Crippen LogP contribution in [0.25, 0.3) is 0 Å². The Labute approximate surface area is 90.9 Å². The van der Waals surface area contributed by atoms with Crippen molar-refractivity contribution in [1.29, 1.82) is 5.26 Å². The van der Waals surface area contributed by atoms with E-state index in [4.69, 9.17) is 10.4 Å². The van der Waals surface area contributed by atoms with Gasteiger partial charge < -0.3 is 5.11 Å². The summed E-state index contributed by atoms with van der Waals surface area (Å²) >= 11 is 0. The average Bonchev–Trinajstić information content (AvgIpc) is 2.26. The number of carbonyl (C=O) groups is 1. The van der Waals surface area contributed by atoms with Gasteiger partial charge in [0.05, 0.1) is 10.5 Å². The van der Waals surface area contributed by atoms with Gasteiger partial charge in [0.1, 0.15) is 11.6 Å². The van der Waals surface area contributed by atoms with Gasteiger partial charge in [-0.1, -0.05) is 6.92 Å². The van der Waals surface area contributed by atoms with Crippen LogP contribution in [-0.4, -0.2) is 16.0 Å². The van der Waals surface area contributed by atoms with Gasteiger partial charge in [-0.15, -0.1) is 0 Å². The minimum Gasteiger partial charge on any atom is -0.478 e. The average molecular weight is 220 g/mol. The van der Waals surface area contributed by atoms with E-state index in [1.54, 1.807) is 13.0 Å². The lowest BCUT2D eigenvalue weighted by Crippen LogP contribution is -2.05. The van der Waals surface area contributed by atoms with Crippen molar-refractivity contribution in [2.24, 2.45) is 0 Å². The highest BCUT2D eigenvalue weighted by molar-refractivity contribution is 5.90. The molecule has 82 valence electrons. The van der Waals surface area contributed by atoms with Crippen LogP contribution in [-0.2, 0) is 6.42 Å². The zero-order chi connectivity index (χ0) is 12.3. The number of hydrogen-bond acceptors (Lipinski definition) is 4. The van der Waals surface area contributed by atoms with E-state index in [1.807, 2.05) is 0 Å². The summed E-state index contributed by atoms with van der Waals surface area (Å²) in [6.45, 7) is 1.72. The third-order valence-corrected chi connectivity index (χ3v) is 2.15. The maximum atomic E-state index is 10.8. The third-order valence-electron chi connectivity index (χ3n) is 2.15. The number of nitro benzene ring substituents is 1. The van der Waals surface area contributed by atoms with E-state index in [-0.39, 0.29) is 11.1 Å². The number of rotatable bonds is 3. The van der Waals surface area contributed by atoms with Crippen LogP contribution in [0.4, 0.5) is 5.69 Å². The molecule has 0 aliphatic rings. The lowest BCUT2D eigenvalue weighted by molar-refractivity contribution is -0.385. The van der Waals surface area contributed by atoms with Gasteiger partial charge in [-0.25, -0.2) is 4.79 Å². The topological polar surface area (TPSA) is 104 Å². The van der Waals surface area contributed by atoms with E-state index in [0.29, 0.717) is 12.0 Å². The number of aromatic carboxylic acids is 1. The van der Waals surface area contributed by atoms with Crippen LogP contribution in [0.5, 0.6) is 0 Å². The largest absolute Gasteiger partial charge is 0.478 e. The van der Waals surface area contributed by atoms with Crippen LogP contribution in [0.15, 0.2) is 12.1 Å². The Bertz CT molecular complexity index is 502. The number of benzene rings is 1. The number of carboxylic acids is 1. The van der Waals surface area contributed by atoms with Gasteiger partial charge >= 0.3 is 5.97 Å². The molecule has 0 aliphatic carbocycles. The summed E-state index contributed by atoms with van der Waals surface area (Å²) < 4.78 is 0. The highest BCUT2D eigenvalue weighted by atomic mass is 16.6. The Morgan fingerprint density at radius 3 is 2.62 bits per heavy atom. The Morgan fingerprint density at radius 1 is 1.62 bits per heavy atom. The summed E-state index contributed by atoms with van der Waals surface area (Å²) in [6, 6.07) is 3.87. The van der Waals surface area contributed by atoms with Crippen molar-refractivity contribution in [2.75, 3.05) is 0 Å². The Hall–Kier alpha value is -2.42. The normalized spacial score (nSPS) is 9.50. The monoisotopic (exact) mass is 220 g/mol. The molecule has 6 heteroatoms. The smallest absolute Gasteiger partial charge is 0.336 e. The van der Waals surface area contributed by atoms with Gasteiger partial charge in [0.25, 0.3) is 5.69 Å². The number of hydrogen-bond donors (Lipinski definition) is 1. The van der Waals surface area contributed by atoms with Gasteiger partial charge in [0.15, 0.2) is 0 Å². The predicted molar refractivity (Wildman–Crippen MR) is 54.1 cm³/mol. The minimum absolute atomic E-state index is 0.119. The summed E-state index contributed by atoms with van der Waals surface area (Å²) in [7, 11) is 0. The van der Waals surface area contributed by atoms with E-state index in [1.165, 1.54) is 6.07 Å². The summed E-state index contributed by atoms with van der Waals surface area (Å²) in [5.41, 5.74) is -0.313. The zero-order valence-electron chi connectivity index (χ0n) is 8.43. The molecule has 0 radical (unpaired) electrons. The van der Waals surface area contributed by atoms with Crippen LogP contribution in [0.2, 0.25) is 0 Å². The molecule has 0 amide bonds. The molecule has 0 saturated carbocycles. The summed E-state index contributed by atoms with van der Waals surface area (Å²) in [5.74, 6) is -1.23. The Balaban J connectivity index is 3.54. The van der Waals surface area contributed by atoms with Crippen LogP contribution < -0.4 is 0 Å². The Morgan fingerprint density at radius 2 is 2.25 bits per heavy atom. The van der Waals surface area contributed by atoms with Crippen LogP contribution in [0, 0.1) is 21.4 Å². The van der Waals surface area contributed by atoms with Crippen LogP contribution >= 0.6 is 0 Å². The standard InChI is InChI=1S/C10H8N2O4/c1-2-6-3-7(5-11)9(12(15)16)4-8(6)10(13)14/h3-4H,2H2,1H3,(H,13,14). The molecule has 16 heavy (non-hydrogen) atoms. The summed E-state index contributed by atoms with van der Waals surface area (Å²) in [6.07, 6.45) is 0.397. The number of nitrogens with zero attached hydrogens (tertiary/aromatic N) is 2. The second-order valence-corrected chi connectivity index (χ2v) is 3.05. The molecule has 1 aromatic rings. The van der Waals surface area contributed by atoms with E-state index >= 15 is 0 Å². The summed E-state index contributed by atoms with van der Waals surface area (Å²) in [4.78, 5) is 20.7. The van der Waals surface area contributed by atoms with Crippen molar-refractivity contribution >= 4 is 11.7 Å². The third kappa shape index (κ3) is 1.98. The molecule has 6 nitrogen and oxygen atoms in total. The molecule has 0 heterocycles. The fourth-order valence-electron chi connectivity index (χ4n) is 1.37. The first-order valence-corrected chi connectivity index (χ1v) is 4.46. The molecule has 0 spiro atoms. The first-order valence-electron chi connectivity index (χ1n) is 4.46. The van der Waals surface area contributed by atoms with Crippen molar-refractivity contribution < 1.29 is 14.8 Å². The molecule has 0 fully saturated rings. The van der Waals surface area contributed by atoms with Crippen molar-refractivity contribution in [1.82, 2.24) is 0 Å². The predicted octanol–water partition coefficient (Wildman–Crippen LogP) is 1.73. The molecular weight excluding hydrogens is 212 g/mol. The molecule has 0 aromatic heterocycles. The molecule has 1 aromatic carbocycles. The molecule has 0 saturated heterocycles. The van der Waals surface area contributed by atoms with Crippen molar-refractivity contribution in [3.8, 4) is 6.07 Å². The van der Waals surface area contributed by atoms with Gasteiger partial charge in [-0.05, 0) is 18.1 Å². The lowest BCUT2D eigenvalue weighted by atomic mass is 10.0. The first-order chi connectivity index (χ1) is 7.51. The highest BCUT2D eigenvalue weighted by Gasteiger charge is 2.20. The molecule has 0 atom stereocenters. The first kappa shape index (κ1) is 11.7. The lowest BCUT2D eigenvalue weighted by Gasteiger charge is -2.04. The van der Waals surface area contributed by atoms with E-state index < -0.39 is 16.6 Å². The second-order valence-electron chi connectivity index (χ2n) is 3.05. The molecule has 0 aliphatic heterocycles. The fraction of sp³-hybridized carbons (Fsp3) is 0.200. The summed E-state index contributed by atoms with van der Waals surface area (Å²) in [5, 5.41) is 28.2. The van der Waals surface area contributed by atoms with E-state index in [2.05, 4.69) is 0 Å². The zero-order valence-corrected chi connectivity index (χ0v) is 8.43. The van der Waals surface area contributed by atoms with Gasteiger partial charge in [-0.3, -0.25) is 10.1 Å². The van der Waals surface area contributed by atoms with Crippen LogP contribution in [0.3, 0.4) is 0 Å². The molecular formula is C10H8N2O4. The number of nitriles is 1. The molecule has 1 N–H and O–H groups in total. The van der Waals surface area contributed by atoms with Gasteiger partial charge in [0.2, 0.25) is 0 Å². The van der Waals surface area contributed by atoms with Gasteiger partial charge in [0, 0.05) is 6.07 Å². The minimum atomic E-state index is -1.23. The fourth-order valence-corrected chi connectivity index (χ4v) is 1.37. The van der Waals surface area contributed by atoms with Crippen molar-refractivity contribution in [2.45, 2.75) is 13.3 Å². The molecule has 0 bridgehead atoms. The molecule has 1 rings (SSSR count). The Kier molecular flexibility index (Phi) is 3.20. The van der Waals surface area contributed by atoms with E-state index in [0.717, 1.165) is 6.07 Å². The number of aryl methyl sites for hydroxylation is 1. The number of nitro groups is 1. The maximum Gasteiger partial charge on any atom is 0.336 e. The second kappa shape index (κ2) is 4.40. The van der Waals surface area contributed by atoms with Crippen LogP contribution in [0.1, 0.15) is 28.4 Å². The van der Waals surface area contributed by atoms with Crippen molar-refractivity contribution in [3.05, 3.63) is 38.9 Å². The maximum absolute atomic E-state index is 10.8. The molecule has 0 unspecified atom stereocenters. The van der Waals surface area contributed by atoms with Crippen molar-refractivity contribution in [3.63, 3.8) is 0 Å². The van der Waals surface area contributed by atoms with Gasteiger partial charge in [-0.2, -0.15) is 5.26 Å². The van der Waals surface area contributed by atoms with E-state index in [9.17, 15) is 14.9 Å². The highest BCUT2D eigenvalue weighted by Crippen LogP contribution is 2.23.